The van der Waals surface area contributed by atoms with Crippen LogP contribution in [0.5, 0.6) is 0 Å². The van der Waals surface area contributed by atoms with Crippen LogP contribution < -0.4 is 11.1 Å². The van der Waals surface area contributed by atoms with E-state index in [9.17, 15) is 9.59 Å². The molecule has 1 unspecified atom stereocenters. The maximum atomic E-state index is 11.8. The summed E-state index contributed by atoms with van der Waals surface area (Å²) >= 11 is 0. The Morgan fingerprint density at radius 1 is 1.43 bits per heavy atom. The standard InChI is InChI=1S/C12H14N6O3/c13-10(4-5-11(19)20)12(21)15-8-2-1-3-9(6-8)18-7-14-16-17-18/h1-3,6-7,10H,4-5,13H2,(H,15,21)(H,19,20). The molecule has 0 bridgehead atoms. The molecule has 0 spiro atoms. The third-order valence-corrected chi connectivity index (χ3v) is 2.73. The van der Waals surface area contributed by atoms with Gasteiger partial charge >= 0.3 is 5.97 Å². The molecule has 0 aliphatic carbocycles. The summed E-state index contributed by atoms with van der Waals surface area (Å²) in [6.45, 7) is 0. The Morgan fingerprint density at radius 3 is 2.90 bits per heavy atom. The molecule has 1 aromatic carbocycles. The van der Waals surface area contributed by atoms with Crippen LogP contribution >= 0.6 is 0 Å². The Hall–Kier alpha value is -2.81. The van der Waals surface area contributed by atoms with Crippen molar-refractivity contribution in [3.05, 3.63) is 30.6 Å². The van der Waals surface area contributed by atoms with Gasteiger partial charge in [0.05, 0.1) is 11.7 Å². The lowest BCUT2D eigenvalue weighted by Crippen LogP contribution is -2.36. The van der Waals surface area contributed by atoms with E-state index in [1.807, 2.05) is 0 Å². The van der Waals surface area contributed by atoms with Gasteiger partial charge in [0.15, 0.2) is 0 Å². The van der Waals surface area contributed by atoms with E-state index in [1.54, 1.807) is 24.3 Å². The average molecular weight is 290 g/mol. The van der Waals surface area contributed by atoms with E-state index < -0.39 is 17.9 Å². The van der Waals surface area contributed by atoms with Crippen LogP contribution in [-0.2, 0) is 9.59 Å². The second-order valence-electron chi connectivity index (χ2n) is 4.33. The first-order chi connectivity index (χ1) is 10.1. The Balaban J connectivity index is 2.01. The maximum Gasteiger partial charge on any atom is 0.303 e. The van der Waals surface area contributed by atoms with Crippen LogP contribution in [0, 0.1) is 0 Å². The number of carbonyl (C=O) groups is 2. The van der Waals surface area contributed by atoms with Crippen LogP contribution in [0.25, 0.3) is 5.69 Å². The van der Waals surface area contributed by atoms with Gasteiger partial charge in [-0.05, 0) is 35.0 Å². The molecule has 110 valence electrons. The molecule has 1 heterocycles. The van der Waals surface area contributed by atoms with E-state index in [1.165, 1.54) is 11.0 Å². The van der Waals surface area contributed by atoms with Crippen LogP contribution in [-0.4, -0.2) is 43.2 Å². The molecule has 0 aliphatic rings. The number of benzene rings is 1. The fourth-order valence-corrected chi connectivity index (χ4v) is 1.65. The quantitative estimate of drug-likeness (QED) is 0.669. The fourth-order valence-electron chi connectivity index (χ4n) is 1.65. The number of carboxylic acid groups (broad SMARTS) is 1. The van der Waals surface area contributed by atoms with Gasteiger partial charge in [-0.2, -0.15) is 0 Å². The molecule has 0 radical (unpaired) electrons. The monoisotopic (exact) mass is 290 g/mol. The predicted molar refractivity (Wildman–Crippen MR) is 72.6 cm³/mol. The molecule has 0 saturated carbocycles. The van der Waals surface area contributed by atoms with Crippen molar-refractivity contribution in [3.8, 4) is 5.69 Å². The molecule has 1 amide bonds. The number of amides is 1. The number of carbonyl (C=O) groups excluding carboxylic acids is 1. The Bertz CT molecular complexity index is 628. The Labute approximate surface area is 119 Å². The number of carboxylic acids is 1. The van der Waals surface area contributed by atoms with E-state index in [0.29, 0.717) is 11.4 Å². The molecule has 2 aromatic rings. The number of tetrazole rings is 1. The summed E-state index contributed by atoms with van der Waals surface area (Å²) < 4.78 is 1.44. The van der Waals surface area contributed by atoms with E-state index in [0.717, 1.165) is 0 Å². The predicted octanol–water partition coefficient (Wildman–Crippen LogP) is -0.207. The number of anilines is 1. The minimum absolute atomic E-state index is 0.0772. The molecular formula is C12H14N6O3. The van der Waals surface area contributed by atoms with Crippen molar-refractivity contribution < 1.29 is 14.7 Å². The van der Waals surface area contributed by atoms with Gasteiger partial charge in [0.1, 0.15) is 6.33 Å². The van der Waals surface area contributed by atoms with E-state index in [4.69, 9.17) is 10.8 Å². The minimum atomic E-state index is -0.987. The molecule has 0 fully saturated rings. The zero-order chi connectivity index (χ0) is 15.2. The van der Waals surface area contributed by atoms with Crippen LogP contribution in [0.4, 0.5) is 5.69 Å². The first kappa shape index (κ1) is 14.6. The Morgan fingerprint density at radius 2 is 2.24 bits per heavy atom. The van der Waals surface area contributed by atoms with Crippen molar-refractivity contribution in [2.75, 3.05) is 5.32 Å². The third kappa shape index (κ3) is 4.08. The van der Waals surface area contributed by atoms with Crippen LogP contribution in [0.2, 0.25) is 0 Å². The number of nitrogens with two attached hydrogens (primary N) is 1. The largest absolute Gasteiger partial charge is 0.481 e. The van der Waals surface area contributed by atoms with Gasteiger partial charge in [-0.3, -0.25) is 9.59 Å². The number of nitrogens with one attached hydrogen (secondary N) is 1. The lowest BCUT2D eigenvalue weighted by molar-refractivity contribution is -0.137. The molecule has 2 rings (SSSR count). The van der Waals surface area contributed by atoms with Gasteiger partial charge in [-0.25, -0.2) is 4.68 Å². The minimum Gasteiger partial charge on any atom is -0.481 e. The summed E-state index contributed by atoms with van der Waals surface area (Å²) in [5.41, 5.74) is 6.84. The summed E-state index contributed by atoms with van der Waals surface area (Å²) in [6.07, 6.45) is 1.35. The molecule has 21 heavy (non-hydrogen) atoms. The van der Waals surface area contributed by atoms with Crippen LogP contribution in [0.1, 0.15) is 12.8 Å². The number of aliphatic carboxylic acids is 1. The molecule has 0 aliphatic heterocycles. The van der Waals surface area contributed by atoms with Crippen molar-refractivity contribution in [2.24, 2.45) is 5.73 Å². The zero-order valence-electron chi connectivity index (χ0n) is 11.0. The number of aromatic nitrogens is 4. The zero-order valence-corrected chi connectivity index (χ0v) is 11.0. The molecule has 9 heteroatoms. The average Bonchev–Trinajstić information content (AvgIpc) is 2.99. The summed E-state index contributed by atoms with van der Waals surface area (Å²) in [7, 11) is 0. The summed E-state index contributed by atoms with van der Waals surface area (Å²) in [5.74, 6) is -1.43. The molecule has 0 saturated heterocycles. The van der Waals surface area contributed by atoms with Crippen LogP contribution in [0.15, 0.2) is 30.6 Å². The van der Waals surface area contributed by atoms with Gasteiger partial charge in [0.25, 0.3) is 0 Å². The van der Waals surface area contributed by atoms with Gasteiger partial charge in [-0.15, -0.1) is 5.10 Å². The summed E-state index contributed by atoms with van der Waals surface area (Å²) in [6, 6.07) is 6.00. The smallest absolute Gasteiger partial charge is 0.303 e. The fraction of sp³-hybridized carbons (Fsp3) is 0.250. The van der Waals surface area contributed by atoms with Crippen molar-refractivity contribution in [2.45, 2.75) is 18.9 Å². The summed E-state index contributed by atoms with van der Waals surface area (Å²) in [5, 5.41) is 22.0. The first-order valence-electron chi connectivity index (χ1n) is 6.18. The number of nitrogens with zero attached hydrogens (tertiary/aromatic N) is 4. The van der Waals surface area contributed by atoms with E-state index in [-0.39, 0.29) is 12.8 Å². The lowest BCUT2D eigenvalue weighted by Gasteiger charge is -2.11. The highest BCUT2D eigenvalue weighted by Crippen LogP contribution is 2.13. The van der Waals surface area contributed by atoms with Crippen molar-refractivity contribution in [1.29, 1.82) is 0 Å². The van der Waals surface area contributed by atoms with Gasteiger partial charge in [0, 0.05) is 12.1 Å². The molecule has 1 atom stereocenters. The van der Waals surface area contributed by atoms with E-state index in [2.05, 4.69) is 20.8 Å². The third-order valence-electron chi connectivity index (χ3n) is 2.73. The maximum absolute atomic E-state index is 11.8. The topological polar surface area (TPSA) is 136 Å². The van der Waals surface area contributed by atoms with Crippen molar-refractivity contribution in [1.82, 2.24) is 20.2 Å². The lowest BCUT2D eigenvalue weighted by atomic mass is 10.1. The highest BCUT2D eigenvalue weighted by molar-refractivity contribution is 5.95. The molecule has 1 aromatic heterocycles. The van der Waals surface area contributed by atoms with Gasteiger partial charge in [0.2, 0.25) is 5.91 Å². The molecule has 4 N–H and O–H groups in total. The normalized spacial score (nSPS) is 11.9. The number of hydrogen-bond acceptors (Lipinski definition) is 6. The Kier molecular flexibility index (Phi) is 4.57. The first-order valence-corrected chi connectivity index (χ1v) is 6.18. The number of rotatable bonds is 6. The van der Waals surface area contributed by atoms with Crippen LogP contribution in [0.3, 0.4) is 0 Å². The highest BCUT2D eigenvalue weighted by atomic mass is 16.4. The van der Waals surface area contributed by atoms with Crippen molar-refractivity contribution >= 4 is 17.6 Å². The van der Waals surface area contributed by atoms with Gasteiger partial charge < -0.3 is 16.2 Å². The molecule has 9 nitrogen and oxygen atoms in total. The molecular weight excluding hydrogens is 276 g/mol. The van der Waals surface area contributed by atoms with Gasteiger partial charge in [-0.1, -0.05) is 6.07 Å². The van der Waals surface area contributed by atoms with Crippen molar-refractivity contribution in [3.63, 3.8) is 0 Å². The summed E-state index contributed by atoms with van der Waals surface area (Å²) in [4.78, 5) is 22.3. The highest BCUT2D eigenvalue weighted by Gasteiger charge is 2.15. The second kappa shape index (κ2) is 6.57. The number of hydrogen-bond donors (Lipinski definition) is 3. The van der Waals surface area contributed by atoms with E-state index >= 15 is 0 Å². The second-order valence-corrected chi connectivity index (χ2v) is 4.33. The SMILES string of the molecule is NC(CCC(=O)O)C(=O)Nc1cccc(-n2cnnn2)c1.